The highest BCUT2D eigenvalue weighted by molar-refractivity contribution is 7.80. The zero-order valence-corrected chi connectivity index (χ0v) is 18.1. The predicted molar refractivity (Wildman–Crippen MR) is 118 cm³/mol. The number of nitrogens with zero attached hydrogens (tertiary/aromatic N) is 3. The summed E-state index contributed by atoms with van der Waals surface area (Å²) >= 11 is 5.78. The Kier molecular flexibility index (Phi) is 5.72. The van der Waals surface area contributed by atoms with Crippen LogP contribution in [0.4, 0.5) is 0 Å². The van der Waals surface area contributed by atoms with E-state index in [0.29, 0.717) is 6.04 Å². The second-order valence-electron chi connectivity index (χ2n) is 8.31. The first-order chi connectivity index (χ1) is 13.6. The van der Waals surface area contributed by atoms with Crippen molar-refractivity contribution in [1.29, 1.82) is 0 Å². The molecular weight excluding hydrogens is 364 g/mol. The molecule has 0 spiro atoms. The zero-order chi connectivity index (χ0) is 19.7. The van der Waals surface area contributed by atoms with Crippen LogP contribution in [0.3, 0.4) is 0 Å². The molecular formula is C23H32N4S. The molecule has 0 radical (unpaired) electrons. The van der Waals surface area contributed by atoms with Gasteiger partial charge in [0.05, 0.1) is 17.8 Å². The molecule has 1 aliphatic carbocycles. The highest BCUT2D eigenvalue weighted by atomic mass is 32.1. The van der Waals surface area contributed by atoms with Gasteiger partial charge in [0.1, 0.15) is 0 Å². The maximum absolute atomic E-state index is 5.78. The van der Waals surface area contributed by atoms with Crippen LogP contribution in [-0.4, -0.2) is 26.1 Å². The Morgan fingerprint density at radius 2 is 2.00 bits per heavy atom. The molecule has 1 saturated carbocycles. The monoisotopic (exact) mass is 396 g/mol. The Morgan fingerprint density at radius 1 is 1.21 bits per heavy atom. The number of aromatic nitrogens is 2. The Balaban J connectivity index is 1.76. The molecule has 2 aromatic heterocycles. The molecule has 0 aromatic carbocycles. The van der Waals surface area contributed by atoms with Crippen LogP contribution in [0.15, 0.2) is 30.5 Å². The molecule has 1 aliphatic heterocycles. The van der Waals surface area contributed by atoms with E-state index in [-0.39, 0.29) is 12.1 Å². The van der Waals surface area contributed by atoms with E-state index in [1.807, 2.05) is 12.3 Å². The smallest absolute Gasteiger partial charge is 0.170 e. The number of nitrogens with one attached hydrogen (secondary N) is 1. The molecule has 0 amide bonds. The maximum Gasteiger partial charge on any atom is 0.170 e. The quantitative estimate of drug-likeness (QED) is 0.664. The Morgan fingerprint density at radius 3 is 2.68 bits per heavy atom. The van der Waals surface area contributed by atoms with Crippen LogP contribution < -0.4 is 5.32 Å². The molecule has 1 N–H and O–H groups in total. The van der Waals surface area contributed by atoms with E-state index in [9.17, 15) is 0 Å². The van der Waals surface area contributed by atoms with Gasteiger partial charge in [0, 0.05) is 30.2 Å². The number of hydrogen-bond donors (Lipinski definition) is 1. The number of rotatable bonds is 6. The van der Waals surface area contributed by atoms with Crippen molar-refractivity contribution in [1.82, 2.24) is 19.8 Å². The fourth-order valence-corrected chi connectivity index (χ4v) is 5.47. The molecule has 1 saturated heterocycles. The summed E-state index contributed by atoms with van der Waals surface area (Å²) in [4.78, 5) is 7.07. The lowest BCUT2D eigenvalue weighted by Crippen LogP contribution is -2.30. The third-order valence-electron chi connectivity index (χ3n) is 6.48. The first-order valence-corrected chi connectivity index (χ1v) is 11.2. The van der Waals surface area contributed by atoms with Crippen LogP contribution in [-0.2, 0) is 0 Å². The fourth-order valence-electron chi connectivity index (χ4n) is 5.14. The Bertz CT molecular complexity index is 823. The van der Waals surface area contributed by atoms with E-state index in [0.717, 1.165) is 23.8 Å². The lowest BCUT2D eigenvalue weighted by Gasteiger charge is -2.28. The minimum absolute atomic E-state index is 0.100. The molecule has 0 bridgehead atoms. The van der Waals surface area contributed by atoms with Gasteiger partial charge in [0.15, 0.2) is 5.11 Å². The number of pyridine rings is 1. The molecule has 2 aromatic rings. The summed E-state index contributed by atoms with van der Waals surface area (Å²) in [6, 6.07) is 9.54. The minimum atomic E-state index is 0.100. The average molecular weight is 397 g/mol. The van der Waals surface area contributed by atoms with Gasteiger partial charge in [-0.3, -0.25) is 4.98 Å². The van der Waals surface area contributed by atoms with Crippen molar-refractivity contribution in [3.8, 4) is 0 Å². The van der Waals surface area contributed by atoms with Gasteiger partial charge in [-0.25, -0.2) is 0 Å². The summed E-state index contributed by atoms with van der Waals surface area (Å²) < 4.78 is 2.59. The van der Waals surface area contributed by atoms with Crippen LogP contribution in [0.25, 0.3) is 0 Å². The average Bonchev–Trinajstić information content (AvgIpc) is 3.39. The summed E-state index contributed by atoms with van der Waals surface area (Å²) in [5.41, 5.74) is 5.26. The summed E-state index contributed by atoms with van der Waals surface area (Å²) in [5, 5.41) is 4.45. The maximum atomic E-state index is 5.78. The third kappa shape index (κ3) is 3.45. The van der Waals surface area contributed by atoms with Crippen LogP contribution in [0.1, 0.15) is 86.2 Å². The topological polar surface area (TPSA) is 33.1 Å². The van der Waals surface area contributed by atoms with E-state index in [1.165, 1.54) is 49.1 Å². The molecule has 150 valence electrons. The third-order valence-corrected chi connectivity index (χ3v) is 6.83. The summed E-state index contributed by atoms with van der Waals surface area (Å²) in [5.74, 6) is 0. The molecule has 2 aliphatic rings. The van der Waals surface area contributed by atoms with E-state index < -0.39 is 0 Å². The van der Waals surface area contributed by atoms with Crippen molar-refractivity contribution >= 4 is 17.3 Å². The first-order valence-electron chi connectivity index (χ1n) is 10.8. The Labute approximate surface area is 174 Å². The lowest BCUT2D eigenvalue weighted by molar-refractivity contribution is 0.311. The largest absolute Gasteiger partial charge is 0.352 e. The first kappa shape index (κ1) is 19.4. The van der Waals surface area contributed by atoms with E-state index in [2.05, 4.69) is 58.7 Å². The molecule has 2 fully saturated rings. The molecule has 4 rings (SSSR count). The summed E-state index contributed by atoms with van der Waals surface area (Å²) in [6.45, 7) is 7.80. The normalized spacial score (nSPS) is 22.8. The minimum Gasteiger partial charge on any atom is -0.352 e. The van der Waals surface area contributed by atoms with Gasteiger partial charge in [-0.1, -0.05) is 32.3 Å². The fraction of sp³-hybridized carbons (Fsp3) is 0.565. The van der Waals surface area contributed by atoms with Crippen molar-refractivity contribution in [3.63, 3.8) is 0 Å². The van der Waals surface area contributed by atoms with Crippen molar-refractivity contribution in [2.45, 2.75) is 77.4 Å². The van der Waals surface area contributed by atoms with Gasteiger partial charge in [0.2, 0.25) is 0 Å². The van der Waals surface area contributed by atoms with E-state index in [1.54, 1.807) is 0 Å². The summed E-state index contributed by atoms with van der Waals surface area (Å²) in [7, 11) is 0. The van der Waals surface area contributed by atoms with Gasteiger partial charge in [0.25, 0.3) is 0 Å². The van der Waals surface area contributed by atoms with Crippen molar-refractivity contribution < 1.29 is 0 Å². The SMILES string of the molecule is CCCCN1C(=S)N[C@H](c2ccccn2)[C@H]1c1cc(C)n(C2CCCC2)c1C. The molecule has 2 atom stereocenters. The van der Waals surface area contributed by atoms with Crippen LogP contribution in [0.5, 0.6) is 0 Å². The van der Waals surface area contributed by atoms with Crippen LogP contribution in [0, 0.1) is 13.8 Å². The molecule has 4 nitrogen and oxygen atoms in total. The lowest BCUT2D eigenvalue weighted by atomic mass is 9.96. The van der Waals surface area contributed by atoms with E-state index >= 15 is 0 Å². The van der Waals surface area contributed by atoms with E-state index in [4.69, 9.17) is 12.2 Å². The highest BCUT2D eigenvalue weighted by Crippen LogP contribution is 2.42. The van der Waals surface area contributed by atoms with Crippen LogP contribution in [0.2, 0.25) is 0 Å². The molecule has 3 heterocycles. The van der Waals surface area contributed by atoms with Gasteiger partial charge in [-0.15, -0.1) is 0 Å². The summed E-state index contributed by atoms with van der Waals surface area (Å²) in [6.07, 6.45) is 9.51. The van der Waals surface area contributed by atoms with Crippen LogP contribution >= 0.6 is 12.2 Å². The van der Waals surface area contributed by atoms with Gasteiger partial charge in [-0.2, -0.15) is 0 Å². The molecule has 28 heavy (non-hydrogen) atoms. The van der Waals surface area contributed by atoms with Crippen molar-refractivity contribution in [2.24, 2.45) is 0 Å². The number of hydrogen-bond acceptors (Lipinski definition) is 2. The predicted octanol–water partition coefficient (Wildman–Crippen LogP) is 5.39. The number of thiocarbonyl (C=S) groups is 1. The van der Waals surface area contributed by atoms with Gasteiger partial charge >= 0.3 is 0 Å². The molecule has 5 heteroatoms. The highest BCUT2D eigenvalue weighted by Gasteiger charge is 2.41. The van der Waals surface area contributed by atoms with Crippen molar-refractivity contribution in [2.75, 3.05) is 6.54 Å². The van der Waals surface area contributed by atoms with Crippen molar-refractivity contribution in [3.05, 3.63) is 53.1 Å². The second kappa shape index (κ2) is 8.24. The number of aryl methyl sites for hydroxylation is 1. The molecule has 0 unspecified atom stereocenters. The Hall–Kier alpha value is -1.88. The standard InChI is InChI=1S/C23H32N4S/c1-4-5-14-26-22(21(25-23(26)28)20-12-8-9-13-24-20)19-15-16(2)27(17(19)3)18-10-6-7-11-18/h8-9,12-13,15,18,21-22H,4-7,10-11,14H2,1-3H3,(H,25,28)/t21-,22-/m1/s1. The number of unbranched alkanes of at least 4 members (excludes halogenated alkanes) is 1. The van der Waals surface area contributed by atoms with Gasteiger partial charge < -0.3 is 14.8 Å². The second-order valence-corrected chi connectivity index (χ2v) is 8.70. The zero-order valence-electron chi connectivity index (χ0n) is 17.3. The van der Waals surface area contributed by atoms with Gasteiger partial charge in [-0.05, 0) is 69.1 Å².